The number of hydrogen-bond donors (Lipinski definition) is 1. The summed E-state index contributed by atoms with van der Waals surface area (Å²) < 4.78 is 7.94. The number of likely N-dealkylation sites (tertiary alicyclic amines) is 1. The number of benzene rings is 1. The minimum atomic E-state index is -0.305. The smallest absolute Gasteiger partial charge is 0.225 e. The number of hydrogen-bond acceptors (Lipinski definition) is 7. The molecule has 1 aliphatic heterocycles. The molecule has 1 aliphatic carbocycles. The number of nitrogens with two attached hydrogens (primary N) is 1. The predicted octanol–water partition coefficient (Wildman–Crippen LogP) is 3.59. The van der Waals surface area contributed by atoms with Gasteiger partial charge in [0.05, 0.1) is 34.3 Å². The fourth-order valence-electron chi connectivity index (χ4n) is 4.79. The molecule has 34 heavy (non-hydrogen) atoms. The van der Waals surface area contributed by atoms with Crippen molar-refractivity contribution < 1.29 is 9.53 Å². The number of aryl methyl sites for hydroxylation is 1. The van der Waals surface area contributed by atoms with Crippen molar-refractivity contribution in [3.05, 3.63) is 39.8 Å². The lowest BCUT2D eigenvalue weighted by Crippen LogP contribution is -2.49. The van der Waals surface area contributed by atoms with Crippen molar-refractivity contribution in [3.63, 3.8) is 0 Å². The number of fused-ring (bicyclic) bond motifs is 1. The Hall–Kier alpha value is -3.38. The number of carbonyl (C=O) groups is 1. The number of nitrogens with zero attached hydrogens (tertiary/aromatic N) is 6. The first-order valence-electron chi connectivity index (χ1n) is 11.5. The zero-order valence-corrected chi connectivity index (χ0v) is 20.1. The zero-order chi connectivity index (χ0) is 24.1. The maximum Gasteiger partial charge on any atom is 0.225 e. The van der Waals surface area contributed by atoms with E-state index in [0.717, 1.165) is 29.7 Å². The van der Waals surface area contributed by atoms with Gasteiger partial charge in [-0.1, -0.05) is 11.6 Å². The largest absolute Gasteiger partial charge is 0.493 e. The highest BCUT2D eigenvalue weighted by atomic mass is 35.5. The van der Waals surface area contributed by atoms with Crippen molar-refractivity contribution >= 4 is 34.4 Å². The summed E-state index contributed by atoms with van der Waals surface area (Å²) in [5.74, 6) is 1.36. The van der Waals surface area contributed by atoms with E-state index in [1.54, 1.807) is 10.7 Å². The van der Waals surface area contributed by atoms with Gasteiger partial charge in [0.15, 0.2) is 5.65 Å². The van der Waals surface area contributed by atoms with Crippen LogP contribution in [0.1, 0.15) is 61.0 Å². The Morgan fingerprint density at radius 3 is 2.76 bits per heavy atom. The normalized spacial score (nSPS) is 16.9. The van der Waals surface area contributed by atoms with Crippen molar-refractivity contribution in [2.45, 2.75) is 45.6 Å². The molecule has 1 amide bonds. The quantitative estimate of drug-likeness (QED) is 0.573. The molecule has 1 saturated heterocycles. The molecule has 1 aromatic carbocycles. The maximum absolute atomic E-state index is 12.5. The number of rotatable bonds is 6. The lowest BCUT2D eigenvalue weighted by molar-refractivity contribution is -0.137. The lowest BCUT2D eigenvalue weighted by Gasteiger charge is -2.41. The van der Waals surface area contributed by atoms with E-state index in [-0.39, 0.29) is 23.8 Å². The fourth-order valence-corrected chi connectivity index (χ4v) is 5.05. The molecule has 0 bridgehead atoms. The van der Waals surface area contributed by atoms with Gasteiger partial charge in [0.2, 0.25) is 5.91 Å². The Labute approximate surface area is 202 Å². The Kier molecular flexibility index (Phi) is 5.56. The van der Waals surface area contributed by atoms with Gasteiger partial charge < -0.3 is 15.4 Å². The van der Waals surface area contributed by atoms with E-state index in [4.69, 9.17) is 22.1 Å². The van der Waals surface area contributed by atoms with Crippen LogP contribution in [-0.4, -0.2) is 50.3 Å². The Morgan fingerprint density at radius 1 is 1.38 bits per heavy atom. The summed E-state index contributed by atoms with van der Waals surface area (Å²) in [5.41, 5.74) is 9.39. The summed E-state index contributed by atoms with van der Waals surface area (Å²) in [4.78, 5) is 22.9. The van der Waals surface area contributed by atoms with Gasteiger partial charge in [-0.3, -0.25) is 4.79 Å². The van der Waals surface area contributed by atoms with Gasteiger partial charge in [0.25, 0.3) is 0 Å². The molecule has 1 saturated carbocycles. The first-order chi connectivity index (χ1) is 16.3. The molecule has 5 rings (SSSR count). The van der Waals surface area contributed by atoms with Crippen LogP contribution in [0.3, 0.4) is 0 Å². The molecule has 9 nitrogen and oxygen atoms in total. The van der Waals surface area contributed by atoms with Crippen LogP contribution in [0, 0.1) is 24.2 Å². The molecule has 176 valence electrons. The average Bonchev–Trinajstić information content (AvgIpc) is 3.57. The number of nitrogen functional groups attached to an aromatic ring is 1. The monoisotopic (exact) mass is 479 g/mol. The van der Waals surface area contributed by atoms with E-state index in [2.05, 4.69) is 21.1 Å². The third kappa shape index (κ3) is 3.53. The highest BCUT2D eigenvalue weighted by molar-refractivity contribution is 6.32. The van der Waals surface area contributed by atoms with Crippen LogP contribution in [0.25, 0.3) is 11.0 Å². The second-order valence-corrected chi connectivity index (χ2v) is 9.40. The number of anilines is 1. The van der Waals surface area contributed by atoms with Crippen LogP contribution in [0.5, 0.6) is 5.75 Å². The lowest BCUT2D eigenvalue weighted by atomic mass is 9.84. The van der Waals surface area contributed by atoms with Crippen LogP contribution in [0.15, 0.2) is 12.4 Å². The molecule has 1 atom stereocenters. The topological polar surface area (TPSA) is 123 Å². The van der Waals surface area contributed by atoms with E-state index < -0.39 is 0 Å². The molecule has 2 aromatic heterocycles. The molecular weight excluding hydrogens is 454 g/mol. The average molecular weight is 480 g/mol. The third-order valence-corrected chi connectivity index (χ3v) is 7.03. The van der Waals surface area contributed by atoms with E-state index in [0.29, 0.717) is 52.9 Å². The number of ether oxygens (including phenoxy) is 1. The molecular formula is C24H26ClN7O2. The molecule has 2 N–H and O–H groups in total. The summed E-state index contributed by atoms with van der Waals surface area (Å²) in [6.07, 6.45) is 3.36. The minimum Gasteiger partial charge on any atom is -0.493 e. The molecule has 10 heteroatoms. The van der Waals surface area contributed by atoms with Crippen LogP contribution in [0.2, 0.25) is 5.02 Å². The van der Waals surface area contributed by atoms with Crippen molar-refractivity contribution in [1.82, 2.24) is 24.6 Å². The number of amides is 1. The number of carbonyl (C=O) groups excluding carboxylic acids is 1. The van der Waals surface area contributed by atoms with Gasteiger partial charge in [-0.25, -0.2) is 14.6 Å². The van der Waals surface area contributed by atoms with Crippen molar-refractivity contribution in [2.24, 2.45) is 5.92 Å². The van der Waals surface area contributed by atoms with Gasteiger partial charge in [0.1, 0.15) is 24.0 Å². The van der Waals surface area contributed by atoms with Gasteiger partial charge in [-0.2, -0.15) is 10.4 Å². The summed E-state index contributed by atoms with van der Waals surface area (Å²) in [6, 6.07) is 3.73. The Balaban J connectivity index is 1.60. The highest BCUT2D eigenvalue weighted by Gasteiger charge is 2.42. The summed E-state index contributed by atoms with van der Waals surface area (Å²) in [7, 11) is 0. The van der Waals surface area contributed by atoms with Gasteiger partial charge in [0, 0.05) is 36.1 Å². The number of nitriles is 1. The maximum atomic E-state index is 12.5. The van der Waals surface area contributed by atoms with Crippen LogP contribution in [0.4, 0.5) is 5.82 Å². The number of halogens is 1. The first kappa shape index (κ1) is 22.4. The van der Waals surface area contributed by atoms with E-state index in [1.165, 1.54) is 6.33 Å². The molecule has 1 unspecified atom stereocenters. The SMILES string of the molecule is CCOc1c(C(C)n2nc(C)c3c(N)ncnc32)cc(Cl)c(C#N)c1C1CN(C(=O)C2CC2)C1. The standard InChI is InChI=1S/C24H26ClN7O2/c1-4-34-21-16(13(3)32-23-19(12(2)30-32)22(27)28-11-29-23)7-18(25)17(8-26)20(21)15-9-31(10-15)24(33)14-5-6-14/h7,11,13-15H,4-6,9-10H2,1-3H3,(H2,27,28,29). The Morgan fingerprint density at radius 2 is 2.12 bits per heavy atom. The molecule has 0 radical (unpaired) electrons. The van der Waals surface area contributed by atoms with Crippen molar-refractivity contribution in [1.29, 1.82) is 5.26 Å². The number of aromatic nitrogens is 4. The van der Waals surface area contributed by atoms with Crippen LogP contribution in [-0.2, 0) is 4.79 Å². The summed E-state index contributed by atoms with van der Waals surface area (Å²) >= 11 is 6.64. The van der Waals surface area contributed by atoms with Crippen molar-refractivity contribution in [3.8, 4) is 11.8 Å². The Bertz CT molecular complexity index is 1340. The van der Waals surface area contributed by atoms with Crippen molar-refractivity contribution in [2.75, 3.05) is 25.4 Å². The first-order valence-corrected chi connectivity index (χ1v) is 11.9. The van der Waals surface area contributed by atoms with Gasteiger partial charge >= 0.3 is 0 Å². The van der Waals surface area contributed by atoms with Crippen LogP contribution >= 0.6 is 11.6 Å². The highest BCUT2D eigenvalue weighted by Crippen LogP contribution is 2.45. The van der Waals surface area contributed by atoms with Crippen LogP contribution < -0.4 is 10.5 Å². The second kappa shape index (κ2) is 8.44. The molecule has 2 fully saturated rings. The predicted molar refractivity (Wildman–Crippen MR) is 128 cm³/mol. The van der Waals surface area contributed by atoms with Gasteiger partial charge in [-0.15, -0.1) is 0 Å². The van der Waals surface area contributed by atoms with E-state index in [9.17, 15) is 10.1 Å². The zero-order valence-electron chi connectivity index (χ0n) is 19.4. The summed E-state index contributed by atoms with van der Waals surface area (Å²) in [6.45, 7) is 7.30. The third-order valence-electron chi connectivity index (χ3n) is 6.74. The van der Waals surface area contributed by atoms with E-state index >= 15 is 0 Å². The molecule has 3 heterocycles. The second-order valence-electron chi connectivity index (χ2n) is 8.99. The summed E-state index contributed by atoms with van der Waals surface area (Å²) in [5, 5.41) is 15.7. The van der Waals surface area contributed by atoms with Gasteiger partial charge in [-0.05, 0) is 39.7 Å². The van der Waals surface area contributed by atoms with E-state index in [1.807, 2.05) is 25.7 Å². The molecule has 0 spiro atoms. The fraction of sp³-hybridized carbons (Fsp3) is 0.458. The molecule has 3 aromatic rings. The minimum absolute atomic E-state index is 0.0161. The molecule has 2 aliphatic rings.